The van der Waals surface area contributed by atoms with E-state index in [2.05, 4.69) is 10.0 Å². The third-order valence-corrected chi connectivity index (χ3v) is 8.21. The van der Waals surface area contributed by atoms with Crippen LogP contribution in [0.4, 0.5) is 25.0 Å². The summed E-state index contributed by atoms with van der Waals surface area (Å²) in [5.41, 5.74) is 2.03. The number of rotatable bonds is 4. The molecule has 2 aliphatic heterocycles. The molecule has 3 N–H and O–H groups in total. The van der Waals surface area contributed by atoms with Gasteiger partial charge >= 0.3 is 6.09 Å². The number of carbonyl (C=O) groups is 2. The van der Waals surface area contributed by atoms with E-state index in [0.717, 1.165) is 24.1 Å². The molecule has 1 saturated carbocycles. The summed E-state index contributed by atoms with van der Waals surface area (Å²) in [5.74, 6) is -2.26. The Morgan fingerprint density at radius 3 is 2.53 bits per heavy atom. The van der Waals surface area contributed by atoms with Crippen molar-refractivity contribution in [2.45, 2.75) is 36.0 Å². The number of carboxylic acid groups (broad SMARTS) is 1. The fraction of sp³-hybridized carbons (Fsp3) is 0.304. The van der Waals surface area contributed by atoms with Crippen molar-refractivity contribution in [1.29, 1.82) is 0 Å². The molecule has 3 aliphatic rings. The molecule has 34 heavy (non-hydrogen) atoms. The Bertz CT molecular complexity index is 1370. The number of fused-ring (bicyclic) bond motifs is 2. The van der Waals surface area contributed by atoms with E-state index in [9.17, 15) is 31.9 Å². The number of benzene rings is 2. The van der Waals surface area contributed by atoms with Crippen LogP contribution < -0.4 is 10.0 Å². The highest BCUT2D eigenvalue weighted by Gasteiger charge is 2.52. The van der Waals surface area contributed by atoms with Crippen LogP contribution in [0.25, 0.3) is 5.57 Å². The van der Waals surface area contributed by atoms with Gasteiger partial charge in [-0.1, -0.05) is 12.5 Å². The van der Waals surface area contributed by atoms with Crippen molar-refractivity contribution in [2.75, 3.05) is 23.1 Å². The molecule has 0 aromatic heterocycles. The van der Waals surface area contributed by atoms with Crippen LogP contribution in [0.1, 0.15) is 36.8 Å². The Labute approximate surface area is 194 Å². The van der Waals surface area contributed by atoms with Crippen molar-refractivity contribution in [3.05, 3.63) is 59.2 Å². The van der Waals surface area contributed by atoms with Gasteiger partial charge in [0.2, 0.25) is 5.91 Å². The number of nitrogens with zero attached hydrogens (tertiary/aromatic N) is 1. The largest absolute Gasteiger partial charge is 0.465 e. The molecular formula is C23H21F2N3O5S. The first kappa shape index (κ1) is 22.3. The molecular weight excluding hydrogens is 468 g/mol. The van der Waals surface area contributed by atoms with Gasteiger partial charge in [-0.05, 0) is 54.7 Å². The van der Waals surface area contributed by atoms with Gasteiger partial charge in [-0.25, -0.2) is 22.0 Å². The summed E-state index contributed by atoms with van der Waals surface area (Å²) in [5, 5.41) is 12.2. The third-order valence-electron chi connectivity index (χ3n) is 6.80. The van der Waals surface area contributed by atoms with Crippen LogP contribution in [0.15, 0.2) is 41.3 Å². The highest BCUT2D eigenvalue weighted by molar-refractivity contribution is 7.92. The van der Waals surface area contributed by atoms with E-state index in [1.165, 1.54) is 4.90 Å². The molecule has 1 fully saturated rings. The summed E-state index contributed by atoms with van der Waals surface area (Å²) in [6, 6.07) is 5.35. The molecule has 0 radical (unpaired) electrons. The van der Waals surface area contributed by atoms with Crippen LogP contribution in [0.5, 0.6) is 0 Å². The normalized spacial score (nSPS) is 18.7. The van der Waals surface area contributed by atoms with E-state index in [1.807, 2.05) is 0 Å². The van der Waals surface area contributed by atoms with Crippen molar-refractivity contribution >= 4 is 39.0 Å². The lowest BCUT2D eigenvalue weighted by molar-refractivity contribution is -0.123. The third kappa shape index (κ3) is 3.51. The van der Waals surface area contributed by atoms with Gasteiger partial charge in [-0.3, -0.25) is 9.52 Å². The number of hydrogen-bond donors (Lipinski definition) is 3. The minimum absolute atomic E-state index is 0.141. The molecule has 1 aliphatic carbocycles. The lowest BCUT2D eigenvalue weighted by atomic mass is 9.65. The van der Waals surface area contributed by atoms with Crippen molar-refractivity contribution in [1.82, 2.24) is 4.90 Å². The lowest BCUT2D eigenvalue weighted by Crippen LogP contribution is -2.40. The van der Waals surface area contributed by atoms with Crippen molar-refractivity contribution < 1.29 is 31.9 Å². The van der Waals surface area contributed by atoms with Crippen LogP contribution in [-0.2, 0) is 20.2 Å². The molecule has 5 rings (SSSR count). The fourth-order valence-corrected chi connectivity index (χ4v) is 5.94. The average Bonchev–Trinajstić information content (AvgIpc) is 3.04. The van der Waals surface area contributed by atoms with Crippen molar-refractivity contribution in [3.63, 3.8) is 0 Å². The van der Waals surface area contributed by atoms with Gasteiger partial charge in [-0.2, -0.15) is 0 Å². The SMILES string of the molecule is O=C(O)N1CC=C(c2cc(NS(=O)(=O)c3ccc(F)cc3F)cc3c2NC(=O)C32CCC2)CC1. The number of carbonyl (C=O) groups excluding carboxylic acids is 1. The highest BCUT2D eigenvalue weighted by atomic mass is 32.2. The molecule has 8 nitrogen and oxygen atoms in total. The molecule has 0 atom stereocenters. The fourth-order valence-electron chi connectivity index (χ4n) is 4.84. The summed E-state index contributed by atoms with van der Waals surface area (Å²) in [7, 11) is -4.39. The zero-order chi connectivity index (χ0) is 24.3. The van der Waals surface area contributed by atoms with Gasteiger partial charge in [0.15, 0.2) is 0 Å². The Morgan fingerprint density at radius 1 is 1.18 bits per heavy atom. The molecule has 0 saturated heterocycles. The number of halogens is 2. The van der Waals surface area contributed by atoms with E-state index in [-0.39, 0.29) is 24.7 Å². The maximum absolute atomic E-state index is 14.2. The molecule has 0 bridgehead atoms. The van der Waals surface area contributed by atoms with Crippen LogP contribution in [0, 0.1) is 11.6 Å². The molecule has 2 aromatic carbocycles. The van der Waals surface area contributed by atoms with Crippen molar-refractivity contribution in [3.8, 4) is 0 Å². The van der Waals surface area contributed by atoms with Gasteiger partial charge in [0.1, 0.15) is 16.5 Å². The first-order valence-corrected chi connectivity index (χ1v) is 12.2. The average molecular weight is 490 g/mol. The van der Waals surface area contributed by atoms with Gasteiger partial charge < -0.3 is 15.3 Å². The molecule has 1 spiro atoms. The Balaban J connectivity index is 1.59. The monoisotopic (exact) mass is 489 g/mol. The lowest BCUT2D eigenvalue weighted by Gasteiger charge is -2.36. The van der Waals surface area contributed by atoms with Crippen LogP contribution in [0.3, 0.4) is 0 Å². The molecule has 2 heterocycles. The first-order chi connectivity index (χ1) is 16.1. The van der Waals surface area contributed by atoms with Crippen LogP contribution in [0.2, 0.25) is 0 Å². The van der Waals surface area contributed by atoms with Gasteiger partial charge in [-0.15, -0.1) is 0 Å². The van der Waals surface area contributed by atoms with E-state index in [1.54, 1.807) is 18.2 Å². The molecule has 11 heteroatoms. The number of amides is 2. The summed E-state index contributed by atoms with van der Waals surface area (Å²) < 4.78 is 55.7. The first-order valence-electron chi connectivity index (χ1n) is 10.8. The molecule has 178 valence electrons. The maximum Gasteiger partial charge on any atom is 0.407 e. The van der Waals surface area contributed by atoms with Crippen molar-refractivity contribution in [2.24, 2.45) is 0 Å². The van der Waals surface area contributed by atoms with Gasteiger partial charge in [0.25, 0.3) is 10.0 Å². The second-order valence-electron chi connectivity index (χ2n) is 8.72. The number of nitrogens with one attached hydrogen (secondary N) is 2. The number of hydrogen-bond acceptors (Lipinski definition) is 4. The standard InChI is InChI=1S/C23H21F2N3O5S/c24-14-2-3-19(18(25)10-14)34(32,33)27-15-11-16(13-4-8-28(9-5-13)22(30)31)20-17(12-15)23(6-1-7-23)21(29)26-20/h2-4,10-12,27H,1,5-9H2,(H,26,29)(H,30,31). The quantitative estimate of drug-likeness (QED) is 0.602. The molecule has 2 aromatic rings. The van der Waals surface area contributed by atoms with Gasteiger partial charge in [0.05, 0.1) is 11.1 Å². The Kier molecular flexibility index (Phi) is 5.12. The predicted molar refractivity (Wildman–Crippen MR) is 120 cm³/mol. The minimum Gasteiger partial charge on any atom is -0.465 e. The van der Waals surface area contributed by atoms with E-state index in [4.69, 9.17) is 0 Å². The smallest absolute Gasteiger partial charge is 0.407 e. The molecule has 2 amide bonds. The second kappa shape index (κ2) is 7.79. The summed E-state index contributed by atoms with van der Waals surface area (Å²) >= 11 is 0. The summed E-state index contributed by atoms with van der Waals surface area (Å²) in [6.07, 6.45) is 3.19. The predicted octanol–water partition coefficient (Wildman–Crippen LogP) is 3.91. The zero-order valence-electron chi connectivity index (χ0n) is 17.9. The molecule has 0 unspecified atom stereocenters. The Morgan fingerprint density at radius 2 is 1.94 bits per heavy atom. The summed E-state index contributed by atoms with van der Waals surface area (Å²) in [4.78, 5) is 24.7. The summed E-state index contributed by atoms with van der Waals surface area (Å²) in [6.45, 7) is 0.418. The number of sulfonamides is 1. The van der Waals surface area contributed by atoms with Gasteiger partial charge in [0, 0.05) is 30.4 Å². The van der Waals surface area contributed by atoms with Crippen LogP contribution >= 0.6 is 0 Å². The Hall–Kier alpha value is -3.47. The number of anilines is 2. The van der Waals surface area contributed by atoms with E-state index >= 15 is 0 Å². The van der Waals surface area contributed by atoms with Crippen LogP contribution in [-0.4, -0.2) is 43.5 Å². The maximum atomic E-state index is 14.2. The highest BCUT2D eigenvalue weighted by Crippen LogP contribution is 2.54. The zero-order valence-corrected chi connectivity index (χ0v) is 18.7. The van der Waals surface area contributed by atoms with E-state index in [0.29, 0.717) is 42.1 Å². The minimum atomic E-state index is -4.39. The van der Waals surface area contributed by atoms with E-state index < -0.39 is 38.1 Å². The topological polar surface area (TPSA) is 116 Å². The second-order valence-corrected chi connectivity index (χ2v) is 10.4.